The summed E-state index contributed by atoms with van der Waals surface area (Å²) in [6.45, 7) is 4.21. The highest BCUT2D eigenvalue weighted by Crippen LogP contribution is 2.06. The summed E-state index contributed by atoms with van der Waals surface area (Å²) < 4.78 is 0. The Labute approximate surface area is 88.6 Å². The van der Waals surface area contributed by atoms with E-state index in [0.29, 0.717) is 5.78 Å². The lowest BCUT2D eigenvalue weighted by Crippen LogP contribution is -1.97. The highest BCUT2D eigenvalue weighted by molar-refractivity contribution is 5.78. The Hall–Kier alpha value is -0.590. The number of hydrogen-bond acceptors (Lipinski definition) is 1. The van der Waals surface area contributed by atoms with Crippen molar-refractivity contribution < 1.29 is 4.79 Å². The zero-order chi connectivity index (χ0) is 10.6. The monoisotopic (exact) mass is 196 g/mol. The van der Waals surface area contributed by atoms with E-state index in [1.807, 2.05) is 6.92 Å². The molecule has 0 aliphatic rings. The second-order valence-electron chi connectivity index (χ2n) is 3.81. The molecule has 0 rings (SSSR count). The Balaban J connectivity index is 3.18. The standard InChI is InChI=1S/C13H24O/c1-3-5-7-8-10-12-13(14)11-9-6-4-2/h3,5H,4,6-12H2,1-2H3/b5-3+. The van der Waals surface area contributed by atoms with E-state index in [-0.39, 0.29) is 0 Å². The van der Waals surface area contributed by atoms with Crippen LogP contribution in [0.4, 0.5) is 0 Å². The summed E-state index contributed by atoms with van der Waals surface area (Å²) in [5, 5.41) is 0. The fourth-order valence-electron chi connectivity index (χ4n) is 1.45. The zero-order valence-electron chi connectivity index (χ0n) is 9.72. The van der Waals surface area contributed by atoms with Crippen molar-refractivity contribution >= 4 is 5.78 Å². The van der Waals surface area contributed by atoms with Gasteiger partial charge in [0.1, 0.15) is 5.78 Å². The average molecular weight is 196 g/mol. The van der Waals surface area contributed by atoms with Gasteiger partial charge in [-0.15, -0.1) is 0 Å². The molecule has 0 saturated heterocycles. The van der Waals surface area contributed by atoms with Crippen molar-refractivity contribution in [1.82, 2.24) is 0 Å². The highest BCUT2D eigenvalue weighted by Gasteiger charge is 2.00. The van der Waals surface area contributed by atoms with Crippen LogP contribution in [-0.2, 0) is 4.79 Å². The highest BCUT2D eigenvalue weighted by atomic mass is 16.1. The largest absolute Gasteiger partial charge is 0.300 e. The number of carbonyl (C=O) groups excluding carboxylic acids is 1. The summed E-state index contributed by atoms with van der Waals surface area (Å²) in [5.74, 6) is 0.457. The third kappa shape index (κ3) is 9.50. The molecule has 0 spiro atoms. The second-order valence-corrected chi connectivity index (χ2v) is 3.81. The number of carbonyl (C=O) groups is 1. The van der Waals surface area contributed by atoms with Gasteiger partial charge >= 0.3 is 0 Å². The maximum Gasteiger partial charge on any atom is 0.132 e. The molecule has 0 aromatic heterocycles. The van der Waals surface area contributed by atoms with Crippen molar-refractivity contribution in [2.24, 2.45) is 0 Å². The number of Topliss-reactive ketones (excluding diaryl/α,β-unsaturated/α-hetero) is 1. The summed E-state index contributed by atoms with van der Waals surface area (Å²) >= 11 is 0. The van der Waals surface area contributed by atoms with Crippen molar-refractivity contribution in [3.8, 4) is 0 Å². The molecular weight excluding hydrogens is 172 g/mol. The molecule has 1 heteroatoms. The van der Waals surface area contributed by atoms with Crippen LogP contribution in [0.3, 0.4) is 0 Å². The fraction of sp³-hybridized carbons (Fsp3) is 0.769. The lowest BCUT2D eigenvalue weighted by atomic mass is 10.1. The number of allylic oxidation sites excluding steroid dienone is 2. The van der Waals surface area contributed by atoms with Crippen LogP contribution in [0.25, 0.3) is 0 Å². The minimum Gasteiger partial charge on any atom is -0.300 e. The predicted octanol–water partition coefficient (Wildman–Crippen LogP) is 4.27. The molecule has 0 amide bonds. The molecule has 0 saturated carbocycles. The van der Waals surface area contributed by atoms with Crippen molar-refractivity contribution in [2.45, 2.75) is 65.2 Å². The lowest BCUT2D eigenvalue weighted by molar-refractivity contribution is -0.119. The molecular formula is C13H24O. The van der Waals surface area contributed by atoms with Crippen LogP contribution < -0.4 is 0 Å². The third-order valence-corrected chi connectivity index (χ3v) is 2.37. The summed E-state index contributed by atoms with van der Waals surface area (Å²) in [7, 11) is 0. The van der Waals surface area contributed by atoms with Crippen molar-refractivity contribution in [1.29, 1.82) is 0 Å². The van der Waals surface area contributed by atoms with Crippen LogP contribution >= 0.6 is 0 Å². The van der Waals surface area contributed by atoms with Crippen molar-refractivity contribution in [3.63, 3.8) is 0 Å². The molecule has 0 radical (unpaired) electrons. The molecule has 0 bridgehead atoms. The van der Waals surface area contributed by atoms with Crippen molar-refractivity contribution in [3.05, 3.63) is 12.2 Å². The van der Waals surface area contributed by atoms with Gasteiger partial charge in [0.25, 0.3) is 0 Å². The van der Waals surface area contributed by atoms with Crippen LogP contribution in [0.2, 0.25) is 0 Å². The molecule has 0 unspecified atom stereocenters. The van der Waals surface area contributed by atoms with E-state index in [1.54, 1.807) is 0 Å². The normalized spacial score (nSPS) is 11.0. The van der Waals surface area contributed by atoms with Gasteiger partial charge in [0.05, 0.1) is 0 Å². The van der Waals surface area contributed by atoms with E-state index in [4.69, 9.17) is 0 Å². The molecule has 0 aromatic carbocycles. The van der Waals surface area contributed by atoms with Gasteiger partial charge in [0.15, 0.2) is 0 Å². The molecule has 1 nitrogen and oxygen atoms in total. The summed E-state index contributed by atoms with van der Waals surface area (Å²) in [6, 6.07) is 0. The molecule has 14 heavy (non-hydrogen) atoms. The minimum absolute atomic E-state index is 0.457. The minimum atomic E-state index is 0.457. The third-order valence-electron chi connectivity index (χ3n) is 2.37. The van der Waals surface area contributed by atoms with Gasteiger partial charge in [-0.05, 0) is 32.6 Å². The Bertz CT molecular complexity index is 159. The summed E-state index contributed by atoms with van der Waals surface area (Å²) in [6.07, 6.45) is 12.7. The molecule has 0 heterocycles. The Morgan fingerprint density at radius 3 is 2.29 bits per heavy atom. The van der Waals surface area contributed by atoms with Gasteiger partial charge in [-0.25, -0.2) is 0 Å². The maximum atomic E-state index is 11.3. The molecule has 0 atom stereocenters. The van der Waals surface area contributed by atoms with Gasteiger partial charge in [-0.3, -0.25) is 4.79 Å². The number of rotatable bonds is 9. The maximum absolute atomic E-state index is 11.3. The number of unbranched alkanes of at least 4 members (excludes halogenated alkanes) is 4. The smallest absolute Gasteiger partial charge is 0.132 e. The van der Waals surface area contributed by atoms with Gasteiger partial charge in [-0.2, -0.15) is 0 Å². The Morgan fingerprint density at radius 1 is 1.07 bits per heavy atom. The average Bonchev–Trinajstić information content (AvgIpc) is 2.18. The first-order chi connectivity index (χ1) is 6.81. The van der Waals surface area contributed by atoms with Gasteiger partial charge in [0, 0.05) is 12.8 Å². The van der Waals surface area contributed by atoms with Gasteiger partial charge < -0.3 is 0 Å². The van der Waals surface area contributed by atoms with E-state index in [2.05, 4.69) is 19.1 Å². The van der Waals surface area contributed by atoms with E-state index in [1.165, 1.54) is 12.8 Å². The Kier molecular flexibility index (Phi) is 10.0. The molecule has 0 N–H and O–H groups in total. The van der Waals surface area contributed by atoms with Gasteiger partial charge in [0.2, 0.25) is 0 Å². The van der Waals surface area contributed by atoms with Crippen LogP contribution in [0.15, 0.2) is 12.2 Å². The Morgan fingerprint density at radius 2 is 1.71 bits per heavy atom. The molecule has 0 aliphatic carbocycles. The number of hydrogen-bond donors (Lipinski definition) is 0. The van der Waals surface area contributed by atoms with E-state index in [0.717, 1.165) is 38.5 Å². The topological polar surface area (TPSA) is 17.1 Å². The molecule has 82 valence electrons. The quantitative estimate of drug-likeness (QED) is 0.397. The fourth-order valence-corrected chi connectivity index (χ4v) is 1.45. The van der Waals surface area contributed by atoms with E-state index < -0.39 is 0 Å². The van der Waals surface area contributed by atoms with Crippen LogP contribution in [0.1, 0.15) is 65.2 Å². The van der Waals surface area contributed by atoms with Crippen molar-refractivity contribution in [2.75, 3.05) is 0 Å². The molecule has 0 fully saturated rings. The first kappa shape index (κ1) is 13.4. The molecule has 0 aromatic rings. The summed E-state index contributed by atoms with van der Waals surface area (Å²) in [5.41, 5.74) is 0. The second kappa shape index (κ2) is 10.5. The first-order valence-electron chi connectivity index (χ1n) is 5.94. The lowest BCUT2D eigenvalue weighted by Gasteiger charge is -1.99. The van der Waals surface area contributed by atoms with Crippen LogP contribution in [0.5, 0.6) is 0 Å². The zero-order valence-corrected chi connectivity index (χ0v) is 9.72. The first-order valence-corrected chi connectivity index (χ1v) is 5.94. The van der Waals surface area contributed by atoms with E-state index >= 15 is 0 Å². The summed E-state index contributed by atoms with van der Waals surface area (Å²) in [4.78, 5) is 11.3. The predicted molar refractivity (Wildman–Crippen MR) is 62.4 cm³/mol. The number of ketones is 1. The van der Waals surface area contributed by atoms with Crippen LogP contribution in [0, 0.1) is 0 Å². The molecule has 0 aliphatic heterocycles. The van der Waals surface area contributed by atoms with E-state index in [9.17, 15) is 4.79 Å². The van der Waals surface area contributed by atoms with Gasteiger partial charge in [-0.1, -0.05) is 31.9 Å². The van der Waals surface area contributed by atoms with Crippen LogP contribution in [-0.4, -0.2) is 5.78 Å². The SMILES string of the molecule is C/C=C/CCCCC(=O)CCCCC.